The molecule has 1 heterocycles. The molecule has 8 heteroatoms. The zero-order chi connectivity index (χ0) is 21.6. The van der Waals surface area contributed by atoms with E-state index in [1.165, 1.54) is 24.3 Å². The molecule has 152 valence electrons. The third kappa shape index (κ3) is 3.53. The summed E-state index contributed by atoms with van der Waals surface area (Å²) >= 11 is 0. The first kappa shape index (κ1) is 20.3. The first-order chi connectivity index (χ1) is 13.4. The fourth-order valence-corrected chi connectivity index (χ4v) is 3.71. The third-order valence-corrected chi connectivity index (χ3v) is 5.59. The number of ketones is 1. The van der Waals surface area contributed by atoms with Gasteiger partial charge in [0.2, 0.25) is 0 Å². The Hall–Kier alpha value is -3.42. The molecule has 2 aromatic rings. The van der Waals surface area contributed by atoms with Crippen molar-refractivity contribution in [3.8, 4) is 0 Å². The summed E-state index contributed by atoms with van der Waals surface area (Å²) in [7, 11) is 1.89. The van der Waals surface area contributed by atoms with Crippen LogP contribution < -0.4 is 15.5 Å². The maximum atomic E-state index is 13.0. The molecule has 0 fully saturated rings. The summed E-state index contributed by atoms with van der Waals surface area (Å²) in [5, 5.41) is 16.1. The predicted octanol–water partition coefficient (Wildman–Crippen LogP) is 4.31. The summed E-state index contributed by atoms with van der Waals surface area (Å²) in [6.45, 7) is 7.60. The van der Waals surface area contributed by atoms with Crippen molar-refractivity contribution in [2.75, 3.05) is 22.6 Å². The van der Waals surface area contributed by atoms with E-state index in [1.807, 2.05) is 51.8 Å². The molecule has 0 radical (unpaired) electrons. The summed E-state index contributed by atoms with van der Waals surface area (Å²) in [5.74, 6) is 0.104. The van der Waals surface area contributed by atoms with Crippen molar-refractivity contribution in [3.05, 3.63) is 58.1 Å². The fraction of sp³-hybridized carbons (Fsp3) is 0.333. The van der Waals surface area contributed by atoms with Crippen molar-refractivity contribution in [1.82, 2.24) is 0 Å². The quantitative estimate of drug-likeness (QED) is 0.594. The molecule has 0 unspecified atom stereocenters. The van der Waals surface area contributed by atoms with Gasteiger partial charge in [-0.3, -0.25) is 14.9 Å². The second-order valence-electron chi connectivity index (χ2n) is 8.19. The van der Waals surface area contributed by atoms with E-state index in [-0.39, 0.29) is 11.5 Å². The smallest absolute Gasteiger partial charge is 0.323 e. The second kappa shape index (κ2) is 6.88. The van der Waals surface area contributed by atoms with Gasteiger partial charge in [-0.25, -0.2) is 4.79 Å². The highest BCUT2D eigenvalue weighted by molar-refractivity contribution is 6.04. The minimum atomic E-state index is -0.697. The number of carbonyl (C=O) groups excluding carboxylic acids is 2. The Labute approximate surface area is 169 Å². The number of hydrogen-bond donors (Lipinski definition) is 2. The molecule has 0 spiro atoms. The number of amides is 2. The largest absolute Gasteiger partial charge is 0.362 e. The van der Waals surface area contributed by atoms with E-state index >= 15 is 0 Å². The Morgan fingerprint density at radius 3 is 2.14 bits per heavy atom. The van der Waals surface area contributed by atoms with Crippen LogP contribution in [0.3, 0.4) is 0 Å². The predicted molar refractivity (Wildman–Crippen MR) is 113 cm³/mol. The van der Waals surface area contributed by atoms with Gasteiger partial charge in [-0.2, -0.15) is 0 Å². The first-order valence-corrected chi connectivity index (χ1v) is 9.20. The summed E-state index contributed by atoms with van der Waals surface area (Å²) in [5.41, 5.74) is 1.40. The number of benzene rings is 2. The van der Waals surface area contributed by atoms with E-state index in [0.29, 0.717) is 11.4 Å². The molecular weight excluding hydrogens is 372 g/mol. The van der Waals surface area contributed by atoms with E-state index in [1.54, 1.807) is 6.07 Å². The average molecular weight is 396 g/mol. The lowest BCUT2D eigenvalue weighted by molar-refractivity contribution is -0.384. The van der Waals surface area contributed by atoms with Crippen LogP contribution in [0.25, 0.3) is 0 Å². The highest BCUT2D eigenvalue weighted by atomic mass is 16.6. The van der Waals surface area contributed by atoms with E-state index < -0.39 is 21.9 Å². The van der Waals surface area contributed by atoms with E-state index in [4.69, 9.17) is 0 Å². The lowest BCUT2D eigenvalue weighted by atomic mass is 9.69. The molecule has 2 aromatic carbocycles. The maximum Gasteiger partial charge on any atom is 0.323 e. The highest BCUT2D eigenvalue weighted by Crippen LogP contribution is 2.44. The number of likely N-dealkylation sites (N-methyl/N-ethyl adjacent to an activating group) is 1. The zero-order valence-electron chi connectivity index (χ0n) is 17.1. The molecule has 0 saturated heterocycles. The number of nitro benzene ring substituents is 1. The number of Topliss-reactive ketones (excluding diaryl/α,β-unsaturated/α-hetero) is 1. The van der Waals surface area contributed by atoms with Gasteiger partial charge in [-0.15, -0.1) is 0 Å². The Bertz CT molecular complexity index is 996. The van der Waals surface area contributed by atoms with Gasteiger partial charge in [0.05, 0.1) is 15.9 Å². The van der Waals surface area contributed by atoms with E-state index in [0.717, 1.165) is 11.3 Å². The lowest BCUT2D eigenvalue weighted by Crippen LogP contribution is -2.58. The van der Waals surface area contributed by atoms with E-state index in [9.17, 15) is 19.7 Å². The highest BCUT2D eigenvalue weighted by Gasteiger charge is 2.48. The second-order valence-corrected chi connectivity index (χ2v) is 8.19. The fourth-order valence-electron chi connectivity index (χ4n) is 3.71. The Kier molecular flexibility index (Phi) is 4.82. The number of rotatable bonds is 3. The number of fused-ring (bicyclic) bond motifs is 1. The maximum absolute atomic E-state index is 13.0. The summed E-state index contributed by atoms with van der Waals surface area (Å²) < 4.78 is 0. The van der Waals surface area contributed by atoms with Gasteiger partial charge < -0.3 is 15.5 Å². The molecular formula is C21H24N4O4. The first-order valence-electron chi connectivity index (χ1n) is 9.20. The number of nitro groups is 1. The van der Waals surface area contributed by atoms with Crippen LogP contribution in [-0.2, 0) is 10.2 Å². The molecule has 29 heavy (non-hydrogen) atoms. The van der Waals surface area contributed by atoms with Crippen LogP contribution >= 0.6 is 0 Å². The van der Waals surface area contributed by atoms with Crippen LogP contribution in [0, 0.1) is 10.1 Å². The number of hydrogen-bond acceptors (Lipinski definition) is 5. The number of nitrogens with one attached hydrogen (secondary N) is 2. The Morgan fingerprint density at radius 1 is 1.00 bits per heavy atom. The van der Waals surface area contributed by atoms with Gasteiger partial charge in [0.25, 0.3) is 5.69 Å². The van der Waals surface area contributed by atoms with Crippen LogP contribution in [0.2, 0.25) is 0 Å². The molecule has 0 aromatic heterocycles. The van der Waals surface area contributed by atoms with Gasteiger partial charge in [0.1, 0.15) is 0 Å². The van der Waals surface area contributed by atoms with Crippen molar-refractivity contribution in [2.24, 2.45) is 0 Å². The number of nitrogens with zero attached hydrogens (tertiary/aromatic N) is 2. The lowest BCUT2D eigenvalue weighted by Gasteiger charge is -2.48. The Balaban J connectivity index is 1.81. The number of carbonyl (C=O) groups is 2. The Morgan fingerprint density at radius 2 is 1.55 bits per heavy atom. The van der Waals surface area contributed by atoms with Crippen LogP contribution in [0.5, 0.6) is 0 Å². The van der Waals surface area contributed by atoms with Crippen LogP contribution in [-0.4, -0.2) is 29.3 Å². The minimum absolute atomic E-state index is 0.0513. The minimum Gasteiger partial charge on any atom is -0.362 e. The molecule has 0 saturated carbocycles. The van der Waals surface area contributed by atoms with Gasteiger partial charge >= 0.3 is 6.03 Å². The summed E-state index contributed by atoms with van der Waals surface area (Å²) in [6, 6.07) is 10.6. The van der Waals surface area contributed by atoms with Gasteiger partial charge in [-0.1, -0.05) is 0 Å². The third-order valence-electron chi connectivity index (χ3n) is 5.59. The van der Waals surface area contributed by atoms with E-state index in [2.05, 4.69) is 10.6 Å². The van der Waals surface area contributed by atoms with Crippen molar-refractivity contribution < 1.29 is 14.5 Å². The molecule has 3 rings (SSSR count). The average Bonchev–Trinajstić information content (AvgIpc) is 2.66. The topological polar surface area (TPSA) is 105 Å². The van der Waals surface area contributed by atoms with Gasteiger partial charge in [0, 0.05) is 36.2 Å². The summed E-state index contributed by atoms with van der Waals surface area (Å²) in [6.07, 6.45) is 0. The SMILES string of the molecule is CN1c2ccc(NC(=O)Nc3ccc([N+](=O)[O-])cc3)cc2C(C)(C)C(=O)C1(C)C. The monoisotopic (exact) mass is 396 g/mol. The van der Waals surface area contributed by atoms with Crippen molar-refractivity contribution >= 4 is 34.6 Å². The number of non-ortho nitro benzene ring substituents is 1. The van der Waals surface area contributed by atoms with Crippen molar-refractivity contribution in [3.63, 3.8) is 0 Å². The molecule has 2 N–H and O–H groups in total. The zero-order valence-corrected chi connectivity index (χ0v) is 17.1. The molecule has 2 amide bonds. The molecule has 1 aliphatic heterocycles. The van der Waals surface area contributed by atoms with Crippen molar-refractivity contribution in [2.45, 2.75) is 38.6 Å². The number of anilines is 3. The van der Waals surface area contributed by atoms with Gasteiger partial charge in [-0.05, 0) is 63.6 Å². The standard InChI is InChI=1S/C21H24N4O4/c1-20(2)16-12-14(8-11-17(16)24(5)21(3,4)18(20)26)23-19(27)22-13-6-9-15(10-7-13)25(28)29/h6-12H,1-5H3,(H2,22,23,27). The molecule has 0 aliphatic carbocycles. The molecule has 1 aliphatic rings. The molecule has 0 bridgehead atoms. The van der Waals surface area contributed by atoms with Gasteiger partial charge in [0.15, 0.2) is 5.78 Å². The van der Waals surface area contributed by atoms with Crippen molar-refractivity contribution in [1.29, 1.82) is 0 Å². The van der Waals surface area contributed by atoms with Crippen LogP contribution in [0.4, 0.5) is 27.5 Å². The number of urea groups is 1. The van der Waals surface area contributed by atoms with Crippen LogP contribution in [0.15, 0.2) is 42.5 Å². The molecule has 0 atom stereocenters. The summed E-state index contributed by atoms with van der Waals surface area (Å²) in [4.78, 5) is 37.5. The van der Waals surface area contributed by atoms with Crippen LogP contribution in [0.1, 0.15) is 33.3 Å². The molecule has 8 nitrogen and oxygen atoms in total. The normalized spacial score (nSPS) is 16.7.